The zero-order valence-electron chi connectivity index (χ0n) is 11.8. The van der Waals surface area contributed by atoms with Gasteiger partial charge in [-0.2, -0.15) is 0 Å². The second-order valence-corrected chi connectivity index (χ2v) is 5.58. The van der Waals surface area contributed by atoms with Crippen molar-refractivity contribution in [1.82, 2.24) is 4.90 Å². The summed E-state index contributed by atoms with van der Waals surface area (Å²) in [4.78, 5) is 14.1. The van der Waals surface area contributed by atoms with E-state index in [0.29, 0.717) is 24.7 Å². The fraction of sp³-hybridized carbons (Fsp3) is 0.235. The predicted molar refractivity (Wildman–Crippen MR) is 82.4 cm³/mol. The Labute approximate surface area is 133 Å². The molecule has 0 aliphatic carbocycles. The number of morpholine rings is 1. The summed E-state index contributed by atoms with van der Waals surface area (Å²) in [6, 6.07) is 13.4. The molecule has 3 nitrogen and oxygen atoms in total. The van der Waals surface area contributed by atoms with E-state index in [1.54, 1.807) is 29.2 Å². The Morgan fingerprint density at radius 1 is 1.18 bits per heavy atom. The second-order valence-electron chi connectivity index (χ2n) is 5.14. The third-order valence-electron chi connectivity index (χ3n) is 3.70. The van der Waals surface area contributed by atoms with Gasteiger partial charge in [-0.05, 0) is 29.8 Å². The Kier molecular flexibility index (Phi) is 4.41. The number of ether oxygens (including phenoxy) is 1. The highest BCUT2D eigenvalue weighted by atomic mass is 35.5. The first kappa shape index (κ1) is 15.0. The first-order valence-electron chi connectivity index (χ1n) is 7.06. The molecule has 0 bridgehead atoms. The molecule has 22 heavy (non-hydrogen) atoms. The van der Waals surface area contributed by atoms with Crippen LogP contribution < -0.4 is 0 Å². The molecule has 1 aliphatic rings. The first-order valence-corrected chi connectivity index (χ1v) is 7.44. The molecule has 1 amide bonds. The fourth-order valence-electron chi connectivity index (χ4n) is 2.52. The molecule has 5 heteroatoms. The van der Waals surface area contributed by atoms with Crippen molar-refractivity contribution in [3.63, 3.8) is 0 Å². The molecule has 0 radical (unpaired) electrons. The maximum absolute atomic E-state index is 13.8. The lowest BCUT2D eigenvalue weighted by Gasteiger charge is -2.33. The van der Waals surface area contributed by atoms with Crippen molar-refractivity contribution in [2.24, 2.45) is 0 Å². The number of carbonyl (C=O) groups excluding carboxylic acids is 1. The number of rotatable bonds is 2. The fourth-order valence-corrected chi connectivity index (χ4v) is 2.64. The van der Waals surface area contributed by atoms with Crippen LogP contribution in [0.3, 0.4) is 0 Å². The van der Waals surface area contributed by atoms with Gasteiger partial charge in [0.05, 0.1) is 18.7 Å². The van der Waals surface area contributed by atoms with Gasteiger partial charge in [0.25, 0.3) is 5.91 Å². The van der Waals surface area contributed by atoms with Gasteiger partial charge in [-0.3, -0.25) is 4.79 Å². The molecular weight excluding hydrogens is 305 g/mol. The molecule has 1 aliphatic heterocycles. The minimum atomic E-state index is -0.498. The Balaban J connectivity index is 1.77. The van der Waals surface area contributed by atoms with Crippen LogP contribution in [0.15, 0.2) is 48.5 Å². The van der Waals surface area contributed by atoms with Gasteiger partial charge in [0.15, 0.2) is 0 Å². The van der Waals surface area contributed by atoms with Crippen molar-refractivity contribution in [2.45, 2.75) is 6.10 Å². The quantitative estimate of drug-likeness (QED) is 0.845. The van der Waals surface area contributed by atoms with Crippen LogP contribution in [0, 0.1) is 5.82 Å². The molecule has 0 spiro atoms. The lowest BCUT2D eigenvalue weighted by molar-refractivity contribution is -0.0229. The van der Waals surface area contributed by atoms with Crippen molar-refractivity contribution < 1.29 is 13.9 Å². The zero-order valence-corrected chi connectivity index (χ0v) is 12.6. The van der Waals surface area contributed by atoms with E-state index in [-0.39, 0.29) is 17.6 Å². The third kappa shape index (κ3) is 3.13. The molecular formula is C17H15ClFNO2. The minimum absolute atomic E-state index is 0.0965. The predicted octanol–water partition coefficient (Wildman–Crippen LogP) is 3.69. The maximum atomic E-state index is 13.8. The molecule has 2 aromatic carbocycles. The second kappa shape index (κ2) is 6.46. The van der Waals surface area contributed by atoms with Gasteiger partial charge in [0.1, 0.15) is 11.9 Å². The SMILES string of the molecule is O=C(c1ccccc1F)N1CCOC(c2ccc(Cl)cc2)C1. The Hall–Kier alpha value is -1.91. The van der Waals surface area contributed by atoms with E-state index < -0.39 is 5.82 Å². The topological polar surface area (TPSA) is 29.5 Å². The van der Waals surface area contributed by atoms with Crippen molar-refractivity contribution >= 4 is 17.5 Å². The van der Waals surface area contributed by atoms with Crippen LogP contribution in [0.2, 0.25) is 5.02 Å². The number of carbonyl (C=O) groups is 1. The molecule has 1 atom stereocenters. The van der Waals surface area contributed by atoms with Crippen LogP contribution in [0.1, 0.15) is 22.0 Å². The molecule has 114 valence electrons. The van der Waals surface area contributed by atoms with Crippen molar-refractivity contribution in [3.05, 3.63) is 70.5 Å². The Morgan fingerprint density at radius 2 is 1.91 bits per heavy atom. The van der Waals surface area contributed by atoms with Gasteiger partial charge in [-0.1, -0.05) is 35.9 Å². The van der Waals surface area contributed by atoms with Gasteiger partial charge in [-0.15, -0.1) is 0 Å². The normalized spacial score (nSPS) is 18.3. The van der Waals surface area contributed by atoms with Gasteiger partial charge in [-0.25, -0.2) is 4.39 Å². The zero-order chi connectivity index (χ0) is 15.5. The summed E-state index contributed by atoms with van der Waals surface area (Å²) in [5.74, 6) is -0.803. The van der Waals surface area contributed by atoms with E-state index in [2.05, 4.69) is 0 Å². The van der Waals surface area contributed by atoms with Crippen molar-refractivity contribution in [3.8, 4) is 0 Å². The van der Waals surface area contributed by atoms with Crippen LogP contribution >= 0.6 is 11.6 Å². The third-order valence-corrected chi connectivity index (χ3v) is 3.95. The van der Waals surface area contributed by atoms with Crippen LogP contribution in [-0.4, -0.2) is 30.5 Å². The minimum Gasteiger partial charge on any atom is -0.370 e. The smallest absolute Gasteiger partial charge is 0.257 e. The molecule has 0 N–H and O–H groups in total. The highest BCUT2D eigenvalue weighted by Gasteiger charge is 2.27. The number of hydrogen-bond acceptors (Lipinski definition) is 2. The first-order chi connectivity index (χ1) is 10.6. The number of halogens is 2. The van der Waals surface area contributed by atoms with Gasteiger partial charge in [0.2, 0.25) is 0 Å². The van der Waals surface area contributed by atoms with E-state index in [1.807, 2.05) is 12.1 Å². The Morgan fingerprint density at radius 3 is 2.64 bits per heavy atom. The maximum Gasteiger partial charge on any atom is 0.257 e. The van der Waals surface area contributed by atoms with Crippen LogP contribution in [0.5, 0.6) is 0 Å². The van der Waals surface area contributed by atoms with E-state index in [9.17, 15) is 9.18 Å². The summed E-state index contributed by atoms with van der Waals surface area (Å²) in [7, 11) is 0. The van der Waals surface area contributed by atoms with Crippen LogP contribution in [0.4, 0.5) is 4.39 Å². The average molecular weight is 320 g/mol. The molecule has 1 unspecified atom stereocenters. The molecule has 1 saturated heterocycles. The van der Waals surface area contributed by atoms with Crippen LogP contribution in [0.25, 0.3) is 0 Å². The van der Waals surface area contributed by atoms with E-state index in [1.165, 1.54) is 12.1 Å². The lowest BCUT2D eigenvalue weighted by atomic mass is 10.1. The molecule has 3 rings (SSSR count). The molecule has 2 aromatic rings. The number of hydrogen-bond donors (Lipinski definition) is 0. The van der Waals surface area contributed by atoms with Crippen LogP contribution in [-0.2, 0) is 4.74 Å². The van der Waals surface area contributed by atoms with Gasteiger partial charge >= 0.3 is 0 Å². The highest BCUT2D eigenvalue weighted by Crippen LogP contribution is 2.25. The summed E-state index contributed by atoms with van der Waals surface area (Å²) in [5.41, 5.74) is 1.05. The number of amides is 1. The molecule has 1 heterocycles. The van der Waals surface area contributed by atoms with Gasteiger partial charge < -0.3 is 9.64 Å². The van der Waals surface area contributed by atoms with E-state index in [4.69, 9.17) is 16.3 Å². The summed E-state index contributed by atoms with van der Waals surface area (Å²) < 4.78 is 19.5. The van der Waals surface area contributed by atoms with E-state index >= 15 is 0 Å². The largest absolute Gasteiger partial charge is 0.370 e. The summed E-state index contributed by atoms with van der Waals surface area (Å²) in [6.07, 6.45) is -0.221. The summed E-state index contributed by atoms with van der Waals surface area (Å²) in [5, 5.41) is 0.652. The monoisotopic (exact) mass is 319 g/mol. The van der Waals surface area contributed by atoms with Crippen molar-refractivity contribution in [2.75, 3.05) is 19.7 Å². The molecule has 0 aromatic heterocycles. The molecule has 0 saturated carbocycles. The summed E-state index contributed by atoms with van der Waals surface area (Å²) >= 11 is 5.88. The Bertz CT molecular complexity index is 675. The average Bonchev–Trinajstić information content (AvgIpc) is 2.55. The van der Waals surface area contributed by atoms with Gasteiger partial charge in [0, 0.05) is 11.6 Å². The van der Waals surface area contributed by atoms with Crippen molar-refractivity contribution in [1.29, 1.82) is 0 Å². The molecule has 1 fully saturated rings. The highest BCUT2D eigenvalue weighted by molar-refractivity contribution is 6.30. The number of benzene rings is 2. The van der Waals surface area contributed by atoms with E-state index in [0.717, 1.165) is 5.56 Å². The number of nitrogens with zero attached hydrogens (tertiary/aromatic N) is 1. The standard InChI is InChI=1S/C17H15ClFNO2/c18-13-7-5-12(6-8-13)16-11-20(9-10-22-16)17(21)14-3-1-2-4-15(14)19/h1-8,16H,9-11H2. The lowest BCUT2D eigenvalue weighted by Crippen LogP contribution is -2.42. The summed E-state index contributed by atoms with van der Waals surface area (Å²) in [6.45, 7) is 1.28.